The second-order valence-electron chi connectivity index (χ2n) is 4.31. The Bertz CT molecular complexity index is 337. The summed E-state index contributed by atoms with van der Waals surface area (Å²) in [7, 11) is 0. The van der Waals surface area contributed by atoms with Gasteiger partial charge in [-0.25, -0.2) is 0 Å². The molecule has 0 amide bonds. The third kappa shape index (κ3) is 1.35. The van der Waals surface area contributed by atoms with Gasteiger partial charge in [-0.2, -0.15) is 0 Å². The van der Waals surface area contributed by atoms with Crippen molar-refractivity contribution in [1.82, 2.24) is 0 Å². The standard InChI is InChI=1S/C12H17NO/c1-9-3-2-4-10(5-9)12(8-13)6-11(12)7-14/h2-5,11,14H,6-8,13H2,1H3. The van der Waals surface area contributed by atoms with Crippen LogP contribution in [0.5, 0.6) is 0 Å². The van der Waals surface area contributed by atoms with Crippen molar-refractivity contribution < 1.29 is 5.11 Å². The number of hydrogen-bond acceptors (Lipinski definition) is 2. The SMILES string of the molecule is Cc1cccc(C2(CN)CC2CO)c1. The normalized spacial score (nSPS) is 30.4. The zero-order valence-corrected chi connectivity index (χ0v) is 8.53. The van der Waals surface area contributed by atoms with E-state index in [-0.39, 0.29) is 12.0 Å². The van der Waals surface area contributed by atoms with Crippen molar-refractivity contribution in [3.8, 4) is 0 Å². The highest BCUT2D eigenvalue weighted by atomic mass is 16.3. The van der Waals surface area contributed by atoms with Crippen molar-refractivity contribution in [2.45, 2.75) is 18.8 Å². The summed E-state index contributed by atoms with van der Waals surface area (Å²) in [6, 6.07) is 8.46. The molecule has 3 N–H and O–H groups in total. The van der Waals surface area contributed by atoms with Gasteiger partial charge in [0.05, 0.1) is 0 Å². The van der Waals surface area contributed by atoms with Crippen molar-refractivity contribution in [3.63, 3.8) is 0 Å². The van der Waals surface area contributed by atoms with Gasteiger partial charge in [-0.3, -0.25) is 0 Å². The molecular weight excluding hydrogens is 174 g/mol. The molecule has 1 aromatic carbocycles. The molecule has 1 aliphatic carbocycles. The third-order valence-corrected chi connectivity index (χ3v) is 3.41. The van der Waals surface area contributed by atoms with Crippen molar-refractivity contribution in [1.29, 1.82) is 0 Å². The smallest absolute Gasteiger partial charge is 0.0468 e. The molecular formula is C12H17NO. The lowest BCUT2D eigenvalue weighted by molar-refractivity contribution is 0.264. The maximum absolute atomic E-state index is 9.15. The highest BCUT2D eigenvalue weighted by molar-refractivity contribution is 5.36. The Kier molecular flexibility index (Phi) is 2.33. The minimum atomic E-state index is 0.0702. The highest BCUT2D eigenvalue weighted by Gasteiger charge is 2.53. The molecule has 0 bridgehead atoms. The monoisotopic (exact) mass is 191 g/mol. The van der Waals surface area contributed by atoms with Gasteiger partial charge in [0, 0.05) is 18.6 Å². The van der Waals surface area contributed by atoms with Crippen LogP contribution >= 0.6 is 0 Å². The summed E-state index contributed by atoms with van der Waals surface area (Å²) in [6.45, 7) is 2.98. The molecule has 1 fully saturated rings. The molecule has 2 unspecified atom stereocenters. The van der Waals surface area contributed by atoms with Crippen LogP contribution in [0.15, 0.2) is 24.3 Å². The van der Waals surface area contributed by atoms with Gasteiger partial charge < -0.3 is 10.8 Å². The summed E-state index contributed by atoms with van der Waals surface area (Å²) >= 11 is 0. The van der Waals surface area contributed by atoms with E-state index in [1.54, 1.807) is 0 Å². The third-order valence-electron chi connectivity index (χ3n) is 3.41. The highest BCUT2D eigenvalue weighted by Crippen LogP contribution is 2.53. The fraction of sp³-hybridized carbons (Fsp3) is 0.500. The predicted molar refractivity (Wildman–Crippen MR) is 57.1 cm³/mol. The fourth-order valence-electron chi connectivity index (χ4n) is 2.30. The molecule has 1 aromatic rings. The topological polar surface area (TPSA) is 46.2 Å². The van der Waals surface area contributed by atoms with Gasteiger partial charge in [-0.1, -0.05) is 29.8 Å². The molecule has 1 aliphatic rings. The maximum atomic E-state index is 9.15. The quantitative estimate of drug-likeness (QED) is 0.754. The van der Waals surface area contributed by atoms with E-state index in [4.69, 9.17) is 10.8 Å². The summed E-state index contributed by atoms with van der Waals surface area (Å²) in [5.41, 5.74) is 8.43. The van der Waals surface area contributed by atoms with Crippen molar-refractivity contribution >= 4 is 0 Å². The first-order valence-corrected chi connectivity index (χ1v) is 5.11. The van der Waals surface area contributed by atoms with Crippen LogP contribution in [-0.2, 0) is 5.41 Å². The largest absolute Gasteiger partial charge is 0.396 e. The number of hydrogen-bond donors (Lipinski definition) is 2. The van der Waals surface area contributed by atoms with Crippen LogP contribution in [0, 0.1) is 12.8 Å². The second-order valence-corrected chi connectivity index (χ2v) is 4.31. The van der Waals surface area contributed by atoms with E-state index in [1.165, 1.54) is 11.1 Å². The van der Waals surface area contributed by atoms with E-state index < -0.39 is 0 Å². The van der Waals surface area contributed by atoms with Crippen LogP contribution in [0.4, 0.5) is 0 Å². The van der Waals surface area contributed by atoms with E-state index in [9.17, 15) is 0 Å². The number of aryl methyl sites for hydroxylation is 1. The van der Waals surface area contributed by atoms with Gasteiger partial charge in [0.25, 0.3) is 0 Å². The zero-order valence-electron chi connectivity index (χ0n) is 8.53. The Morgan fingerprint density at radius 3 is 2.86 bits per heavy atom. The van der Waals surface area contributed by atoms with E-state index in [2.05, 4.69) is 31.2 Å². The van der Waals surface area contributed by atoms with Crippen molar-refractivity contribution in [3.05, 3.63) is 35.4 Å². The number of benzene rings is 1. The summed E-state index contributed by atoms with van der Waals surface area (Å²) in [4.78, 5) is 0. The minimum absolute atomic E-state index is 0.0702. The van der Waals surface area contributed by atoms with Crippen LogP contribution < -0.4 is 5.73 Å². The predicted octanol–water partition coefficient (Wildman–Crippen LogP) is 1.20. The molecule has 2 atom stereocenters. The number of nitrogens with two attached hydrogens (primary N) is 1. The van der Waals surface area contributed by atoms with E-state index in [1.807, 2.05) is 0 Å². The van der Waals surface area contributed by atoms with Gasteiger partial charge >= 0.3 is 0 Å². The van der Waals surface area contributed by atoms with Crippen LogP contribution in [0.25, 0.3) is 0 Å². The Hall–Kier alpha value is -0.860. The Morgan fingerprint density at radius 2 is 2.36 bits per heavy atom. The van der Waals surface area contributed by atoms with Gasteiger partial charge in [0.2, 0.25) is 0 Å². The van der Waals surface area contributed by atoms with Crippen LogP contribution in [0.2, 0.25) is 0 Å². The first-order chi connectivity index (χ1) is 6.73. The summed E-state index contributed by atoms with van der Waals surface area (Å²) in [5.74, 6) is 0.370. The van der Waals surface area contributed by atoms with Crippen molar-refractivity contribution in [2.75, 3.05) is 13.2 Å². The first-order valence-electron chi connectivity index (χ1n) is 5.11. The van der Waals surface area contributed by atoms with Crippen molar-refractivity contribution in [2.24, 2.45) is 11.7 Å². The molecule has 76 valence electrons. The minimum Gasteiger partial charge on any atom is -0.396 e. The molecule has 14 heavy (non-hydrogen) atoms. The number of rotatable bonds is 3. The van der Waals surface area contributed by atoms with Crippen LogP contribution in [-0.4, -0.2) is 18.3 Å². The molecule has 0 aliphatic heterocycles. The van der Waals surface area contributed by atoms with Gasteiger partial charge in [-0.05, 0) is 24.8 Å². The van der Waals surface area contributed by atoms with Gasteiger partial charge in [0.1, 0.15) is 0 Å². The van der Waals surface area contributed by atoms with E-state index in [0.717, 1.165) is 6.42 Å². The van der Waals surface area contributed by atoms with Crippen LogP contribution in [0.1, 0.15) is 17.5 Å². The molecule has 0 spiro atoms. The molecule has 0 aromatic heterocycles. The molecule has 0 heterocycles. The lowest BCUT2D eigenvalue weighted by Crippen LogP contribution is -2.23. The van der Waals surface area contributed by atoms with Crippen LogP contribution in [0.3, 0.4) is 0 Å². The summed E-state index contributed by atoms with van der Waals surface area (Å²) in [5, 5.41) is 9.15. The Labute approximate surface area is 84.7 Å². The zero-order chi connectivity index (χ0) is 10.2. The lowest BCUT2D eigenvalue weighted by atomic mass is 9.92. The summed E-state index contributed by atoms with van der Waals surface area (Å²) in [6.07, 6.45) is 1.03. The Balaban J connectivity index is 2.30. The molecule has 2 rings (SSSR count). The first kappa shape index (κ1) is 9.69. The molecule has 2 heteroatoms. The number of aliphatic hydroxyl groups excluding tert-OH is 1. The van der Waals surface area contributed by atoms with E-state index >= 15 is 0 Å². The lowest BCUT2D eigenvalue weighted by Gasteiger charge is -2.15. The van der Waals surface area contributed by atoms with Gasteiger partial charge in [-0.15, -0.1) is 0 Å². The molecule has 0 radical (unpaired) electrons. The number of aliphatic hydroxyl groups is 1. The Morgan fingerprint density at radius 1 is 1.57 bits per heavy atom. The van der Waals surface area contributed by atoms with E-state index in [0.29, 0.717) is 12.5 Å². The molecule has 0 saturated heterocycles. The van der Waals surface area contributed by atoms with Gasteiger partial charge in [0.15, 0.2) is 0 Å². The average Bonchev–Trinajstić information content (AvgIpc) is 2.93. The second kappa shape index (κ2) is 3.37. The molecule has 2 nitrogen and oxygen atoms in total. The molecule has 1 saturated carbocycles. The fourth-order valence-corrected chi connectivity index (χ4v) is 2.30. The maximum Gasteiger partial charge on any atom is 0.0468 e. The average molecular weight is 191 g/mol. The summed E-state index contributed by atoms with van der Waals surface area (Å²) < 4.78 is 0.